The highest BCUT2D eigenvalue weighted by atomic mass is 35.5. The highest BCUT2D eigenvalue weighted by Gasteiger charge is 2.29. The number of nitrogens with zero attached hydrogens (tertiary/aromatic N) is 2. The number of halogens is 2. The first-order chi connectivity index (χ1) is 9.06. The maximum Gasteiger partial charge on any atom is 0.313 e. The lowest BCUT2D eigenvalue weighted by Gasteiger charge is -2.06. The molecule has 1 saturated carbocycles. The van der Waals surface area contributed by atoms with Crippen molar-refractivity contribution in [1.29, 1.82) is 0 Å². The van der Waals surface area contributed by atoms with Gasteiger partial charge in [0.25, 0.3) is 0 Å². The minimum atomic E-state index is -0.899. The molecule has 4 nitrogen and oxygen atoms in total. The second-order valence-electron chi connectivity index (χ2n) is 4.43. The summed E-state index contributed by atoms with van der Waals surface area (Å²) < 4.78 is 15.4. The molecule has 1 aromatic carbocycles. The van der Waals surface area contributed by atoms with Crippen LogP contribution in [0.15, 0.2) is 17.3 Å². The molecule has 0 radical (unpaired) electrons. The molecule has 0 saturated heterocycles. The van der Waals surface area contributed by atoms with E-state index in [1.165, 1.54) is 6.07 Å². The standard InChI is InChI=1S/C12H10ClFN2O2S/c13-7-3-10-9(4-8(7)14)15-12(19-5-11(17)18)16(10)6-1-2-6/h3-4,6H,1-2,5H2,(H,17,18). The van der Waals surface area contributed by atoms with Gasteiger partial charge in [-0.15, -0.1) is 0 Å². The molecule has 1 aliphatic carbocycles. The highest BCUT2D eigenvalue weighted by Crippen LogP contribution is 2.41. The number of hydrogen-bond acceptors (Lipinski definition) is 3. The van der Waals surface area contributed by atoms with E-state index in [-0.39, 0.29) is 10.8 Å². The second kappa shape index (κ2) is 4.68. The van der Waals surface area contributed by atoms with E-state index in [9.17, 15) is 9.18 Å². The number of thioether (sulfide) groups is 1. The third-order valence-corrected chi connectivity index (χ3v) is 4.16. The van der Waals surface area contributed by atoms with Gasteiger partial charge >= 0.3 is 5.97 Å². The minimum absolute atomic E-state index is 0.0593. The molecule has 3 rings (SSSR count). The minimum Gasteiger partial charge on any atom is -0.481 e. The van der Waals surface area contributed by atoms with Crippen molar-refractivity contribution >= 4 is 40.4 Å². The van der Waals surface area contributed by atoms with E-state index in [4.69, 9.17) is 16.7 Å². The summed E-state index contributed by atoms with van der Waals surface area (Å²) in [6.07, 6.45) is 2.06. The van der Waals surface area contributed by atoms with Gasteiger partial charge in [0.15, 0.2) is 5.16 Å². The van der Waals surface area contributed by atoms with Crippen molar-refractivity contribution in [2.45, 2.75) is 24.0 Å². The predicted molar refractivity (Wildman–Crippen MR) is 71.3 cm³/mol. The Hall–Kier alpha value is -1.27. The number of aliphatic carboxylic acids is 1. The van der Waals surface area contributed by atoms with Gasteiger partial charge in [0.2, 0.25) is 0 Å². The molecule has 1 aromatic heterocycles. The number of carbonyl (C=O) groups is 1. The van der Waals surface area contributed by atoms with Gasteiger partial charge in [-0.2, -0.15) is 0 Å². The van der Waals surface area contributed by atoms with Crippen LogP contribution < -0.4 is 0 Å². The van der Waals surface area contributed by atoms with Crippen molar-refractivity contribution in [2.24, 2.45) is 0 Å². The molecule has 19 heavy (non-hydrogen) atoms. The summed E-state index contributed by atoms with van der Waals surface area (Å²) in [4.78, 5) is 15.0. The molecule has 0 atom stereocenters. The van der Waals surface area contributed by atoms with Crippen LogP contribution in [0, 0.1) is 5.82 Å². The van der Waals surface area contributed by atoms with E-state index in [0.29, 0.717) is 16.7 Å². The molecular formula is C12H10ClFN2O2S. The zero-order chi connectivity index (χ0) is 13.6. The number of carboxylic acids is 1. The van der Waals surface area contributed by atoms with E-state index in [2.05, 4.69) is 4.98 Å². The fraction of sp³-hybridized carbons (Fsp3) is 0.333. The number of benzene rings is 1. The van der Waals surface area contributed by atoms with Crippen LogP contribution in [-0.2, 0) is 4.79 Å². The van der Waals surface area contributed by atoms with E-state index >= 15 is 0 Å². The molecule has 100 valence electrons. The number of carboxylic acid groups (broad SMARTS) is 1. The third-order valence-electron chi connectivity index (χ3n) is 2.94. The van der Waals surface area contributed by atoms with Gasteiger partial charge in [0.05, 0.1) is 21.8 Å². The topological polar surface area (TPSA) is 55.1 Å². The SMILES string of the molecule is O=C(O)CSc1nc2cc(F)c(Cl)cc2n1C1CC1. The molecule has 2 aromatic rings. The number of hydrogen-bond donors (Lipinski definition) is 1. The summed E-state index contributed by atoms with van der Waals surface area (Å²) in [5, 5.41) is 9.42. The Bertz CT molecular complexity index is 669. The number of fused-ring (bicyclic) bond motifs is 1. The highest BCUT2D eigenvalue weighted by molar-refractivity contribution is 7.99. The van der Waals surface area contributed by atoms with E-state index < -0.39 is 11.8 Å². The molecule has 0 spiro atoms. The summed E-state index contributed by atoms with van der Waals surface area (Å²) in [5.74, 6) is -1.47. The van der Waals surface area contributed by atoms with Gasteiger partial charge < -0.3 is 9.67 Å². The van der Waals surface area contributed by atoms with Crippen molar-refractivity contribution in [3.8, 4) is 0 Å². The van der Waals surface area contributed by atoms with Crippen LogP contribution in [0.2, 0.25) is 5.02 Å². The van der Waals surface area contributed by atoms with Crippen LogP contribution in [0.25, 0.3) is 11.0 Å². The van der Waals surface area contributed by atoms with Crippen LogP contribution in [0.3, 0.4) is 0 Å². The first-order valence-electron chi connectivity index (χ1n) is 5.78. The molecule has 0 amide bonds. The maximum atomic E-state index is 13.4. The van der Waals surface area contributed by atoms with E-state index in [1.807, 2.05) is 4.57 Å². The smallest absolute Gasteiger partial charge is 0.313 e. The molecule has 0 unspecified atom stereocenters. The third kappa shape index (κ3) is 2.42. The summed E-state index contributed by atoms with van der Waals surface area (Å²) in [5.41, 5.74) is 1.28. The second-order valence-corrected chi connectivity index (χ2v) is 5.78. The zero-order valence-corrected chi connectivity index (χ0v) is 11.3. The van der Waals surface area contributed by atoms with Gasteiger partial charge in [-0.05, 0) is 18.9 Å². The van der Waals surface area contributed by atoms with Gasteiger partial charge in [-0.3, -0.25) is 4.79 Å². The van der Waals surface area contributed by atoms with E-state index in [0.717, 1.165) is 30.1 Å². The van der Waals surface area contributed by atoms with Crippen LogP contribution >= 0.6 is 23.4 Å². The summed E-state index contributed by atoms with van der Waals surface area (Å²) in [7, 11) is 0. The molecule has 7 heteroatoms. The molecule has 1 fully saturated rings. The molecular weight excluding hydrogens is 291 g/mol. The Balaban J connectivity index is 2.10. The molecule has 1 aliphatic rings. The van der Waals surface area contributed by atoms with Gasteiger partial charge in [-0.1, -0.05) is 23.4 Å². The van der Waals surface area contributed by atoms with E-state index in [1.54, 1.807) is 6.07 Å². The Kier molecular flexibility index (Phi) is 3.14. The fourth-order valence-corrected chi connectivity index (χ4v) is 2.94. The largest absolute Gasteiger partial charge is 0.481 e. The maximum absolute atomic E-state index is 13.4. The Morgan fingerprint density at radius 3 is 2.95 bits per heavy atom. The van der Waals surface area contributed by atoms with Crippen LogP contribution in [0.5, 0.6) is 0 Å². The first kappa shape index (κ1) is 12.7. The first-order valence-corrected chi connectivity index (χ1v) is 7.14. The average Bonchev–Trinajstić information content (AvgIpc) is 3.11. The Morgan fingerprint density at radius 1 is 1.58 bits per heavy atom. The zero-order valence-electron chi connectivity index (χ0n) is 9.77. The number of imidazole rings is 1. The molecule has 0 bridgehead atoms. The number of aromatic nitrogens is 2. The van der Waals surface area contributed by atoms with Crippen molar-refractivity contribution < 1.29 is 14.3 Å². The van der Waals surface area contributed by atoms with Crippen LogP contribution in [0.1, 0.15) is 18.9 Å². The van der Waals surface area contributed by atoms with Gasteiger partial charge in [0.1, 0.15) is 5.82 Å². The lowest BCUT2D eigenvalue weighted by molar-refractivity contribution is -0.133. The molecule has 1 heterocycles. The summed E-state index contributed by atoms with van der Waals surface area (Å²) in [6.45, 7) is 0. The Labute approximate surface area is 117 Å². The number of rotatable bonds is 4. The van der Waals surface area contributed by atoms with Crippen molar-refractivity contribution in [3.05, 3.63) is 23.0 Å². The van der Waals surface area contributed by atoms with Crippen molar-refractivity contribution in [2.75, 3.05) is 5.75 Å². The predicted octanol–water partition coefficient (Wildman–Crippen LogP) is 3.34. The Morgan fingerprint density at radius 2 is 2.32 bits per heavy atom. The van der Waals surface area contributed by atoms with Crippen molar-refractivity contribution in [1.82, 2.24) is 9.55 Å². The lowest BCUT2D eigenvalue weighted by atomic mass is 10.3. The molecule has 1 N–H and O–H groups in total. The lowest BCUT2D eigenvalue weighted by Crippen LogP contribution is -2.01. The molecule has 0 aliphatic heterocycles. The monoisotopic (exact) mass is 300 g/mol. The van der Waals surface area contributed by atoms with Crippen LogP contribution in [-0.4, -0.2) is 26.4 Å². The van der Waals surface area contributed by atoms with Gasteiger partial charge in [0, 0.05) is 12.1 Å². The van der Waals surface area contributed by atoms with Crippen LogP contribution in [0.4, 0.5) is 4.39 Å². The summed E-state index contributed by atoms with van der Waals surface area (Å²) in [6, 6.07) is 3.17. The normalized spacial score (nSPS) is 15.1. The average molecular weight is 301 g/mol. The van der Waals surface area contributed by atoms with Crippen molar-refractivity contribution in [3.63, 3.8) is 0 Å². The summed E-state index contributed by atoms with van der Waals surface area (Å²) >= 11 is 6.95. The van der Waals surface area contributed by atoms with Gasteiger partial charge in [-0.25, -0.2) is 9.37 Å². The quantitative estimate of drug-likeness (QED) is 0.880. The fourth-order valence-electron chi connectivity index (χ4n) is 1.98.